The average molecular weight is 310 g/mol. The summed E-state index contributed by atoms with van der Waals surface area (Å²) in [6.07, 6.45) is 1.82. The zero-order chi connectivity index (χ0) is 16.4. The van der Waals surface area contributed by atoms with Gasteiger partial charge in [0.2, 0.25) is 0 Å². The van der Waals surface area contributed by atoms with E-state index in [0.717, 1.165) is 18.4 Å². The van der Waals surface area contributed by atoms with E-state index in [0.29, 0.717) is 0 Å². The van der Waals surface area contributed by atoms with E-state index in [-0.39, 0.29) is 11.8 Å². The molecule has 122 valence electrons. The molecule has 0 radical (unpaired) electrons. The van der Waals surface area contributed by atoms with Gasteiger partial charge in [0.25, 0.3) is 0 Å². The summed E-state index contributed by atoms with van der Waals surface area (Å²) in [5, 5.41) is 3.55. The van der Waals surface area contributed by atoms with Gasteiger partial charge in [-0.15, -0.1) is 0 Å². The zero-order valence-electron chi connectivity index (χ0n) is 14.5. The van der Waals surface area contributed by atoms with Gasteiger partial charge in [-0.25, -0.2) is 0 Å². The Bertz CT molecular complexity index is 660. The first kappa shape index (κ1) is 15.9. The van der Waals surface area contributed by atoms with Crippen LogP contribution >= 0.6 is 0 Å². The molecule has 1 aliphatic heterocycles. The van der Waals surface area contributed by atoms with E-state index in [1.807, 2.05) is 0 Å². The van der Waals surface area contributed by atoms with Gasteiger partial charge in [0.15, 0.2) is 6.23 Å². The second-order valence-electron chi connectivity index (χ2n) is 6.38. The molecule has 0 saturated carbocycles. The zero-order valence-corrected chi connectivity index (χ0v) is 14.5. The maximum absolute atomic E-state index is 6.56. The number of ether oxygens (including phenoxy) is 1. The van der Waals surface area contributed by atoms with Gasteiger partial charge < -0.3 is 15.0 Å². The summed E-state index contributed by atoms with van der Waals surface area (Å²) in [5.74, 6) is 0. The Morgan fingerprint density at radius 2 is 1.65 bits per heavy atom. The van der Waals surface area contributed by atoms with Gasteiger partial charge in [0.05, 0.1) is 5.60 Å². The van der Waals surface area contributed by atoms with Crippen molar-refractivity contribution < 1.29 is 4.74 Å². The van der Waals surface area contributed by atoms with Gasteiger partial charge in [-0.05, 0) is 31.0 Å². The topological polar surface area (TPSA) is 24.5 Å². The van der Waals surface area contributed by atoms with E-state index in [2.05, 4.69) is 86.7 Å². The first-order chi connectivity index (χ1) is 11.1. The Labute approximate surface area is 139 Å². The minimum absolute atomic E-state index is 0.110. The fraction of sp³-hybridized carbons (Fsp3) is 0.400. The number of anilines is 2. The van der Waals surface area contributed by atoms with Gasteiger partial charge in [-0.1, -0.05) is 44.2 Å². The van der Waals surface area contributed by atoms with E-state index >= 15 is 0 Å². The maximum Gasteiger partial charge on any atom is 0.155 e. The first-order valence-electron chi connectivity index (χ1n) is 8.41. The van der Waals surface area contributed by atoms with Gasteiger partial charge in [-0.2, -0.15) is 0 Å². The number of benzene rings is 2. The lowest BCUT2D eigenvalue weighted by Gasteiger charge is -2.43. The molecule has 2 aromatic carbocycles. The number of para-hydroxylation sites is 1. The Morgan fingerprint density at radius 1 is 1.00 bits per heavy atom. The highest BCUT2D eigenvalue weighted by atomic mass is 16.5. The third-order valence-electron chi connectivity index (χ3n) is 4.90. The number of nitrogens with one attached hydrogen (secondary N) is 1. The summed E-state index contributed by atoms with van der Waals surface area (Å²) in [5.41, 5.74) is 4.60. The molecule has 1 N–H and O–H groups in total. The van der Waals surface area contributed by atoms with Crippen LogP contribution in [0.2, 0.25) is 0 Å². The van der Waals surface area contributed by atoms with Crippen LogP contribution in [0.3, 0.4) is 0 Å². The lowest BCUT2D eigenvalue weighted by atomic mass is 9.85. The third kappa shape index (κ3) is 2.81. The molecule has 0 fully saturated rings. The summed E-state index contributed by atoms with van der Waals surface area (Å²) >= 11 is 0. The molecule has 1 aliphatic rings. The SMILES string of the molecule is CCC1(CC)OC(c2ccc(N(C)C)cc2)Nc2ccccc21. The van der Waals surface area contributed by atoms with E-state index in [1.165, 1.54) is 16.9 Å². The summed E-state index contributed by atoms with van der Waals surface area (Å²) in [6.45, 7) is 4.41. The molecule has 3 heteroatoms. The summed E-state index contributed by atoms with van der Waals surface area (Å²) in [6, 6.07) is 17.1. The molecule has 0 bridgehead atoms. The van der Waals surface area contributed by atoms with Crippen molar-refractivity contribution in [2.24, 2.45) is 0 Å². The predicted molar refractivity (Wildman–Crippen MR) is 96.9 cm³/mol. The number of rotatable bonds is 4. The molecular formula is C20H26N2O. The van der Waals surface area contributed by atoms with Crippen LogP contribution in [0.15, 0.2) is 48.5 Å². The number of hydrogen-bond acceptors (Lipinski definition) is 3. The van der Waals surface area contributed by atoms with E-state index in [1.54, 1.807) is 0 Å². The molecule has 23 heavy (non-hydrogen) atoms. The largest absolute Gasteiger partial charge is 0.378 e. The van der Waals surface area contributed by atoms with Gasteiger partial charge in [-0.3, -0.25) is 0 Å². The Balaban J connectivity index is 1.97. The van der Waals surface area contributed by atoms with E-state index in [4.69, 9.17) is 4.74 Å². The van der Waals surface area contributed by atoms with E-state index in [9.17, 15) is 0 Å². The molecule has 0 amide bonds. The van der Waals surface area contributed by atoms with Crippen LogP contribution < -0.4 is 10.2 Å². The summed E-state index contributed by atoms with van der Waals surface area (Å²) in [7, 11) is 4.11. The molecule has 1 heterocycles. The van der Waals surface area contributed by atoms with Crippen LogP contribution in [-0.4, -0.2) is 14.1 Å². The molecule has 0 aliphatic carbocycles. The molecule has 3 rings (SSSR count). The Hall–Kier alpha value is -2.00. The van der Waals surface area contributed by atoms with Crippen molar-refractivity contribution in [2.45, 2.75) is 38.5 Å². The summed E-state index contributed by atoms with van der Waals surface area (Å²) in [4.78, 5) is 2.11. The highest BCUT2D eigenvalue weighted by Crippen LogP contribution is 2.45. The maximum atomic E-state index is 6.56. The van der Waals surface area contributed by atoms with Crippen LogP contribution in [0.1, 0.15) is 44.0 Å². The molecule has 0 aromatic heterocycles. The van der Waals surface area contributed by atoms with Crippen LogP contribution in [-0.2, 0) is 10.3 Å². The van der Waals surface area contributed by atoms with Crippen molar-refractivity contribution in [1.82, 2.24) is 0 Å². The smallest absolute Gasteiger partial charge is 0.155 e. The standard InChI is InChI=1S/C20H26N2O/c1-5-20(6-2)17-9-7-8-10-18(17)21-19(23-20)15-11-13-16(14-12-15)22(3)4/h7-14,19,21H,5-6H2,1-4H3. The third-order valence-corrected chi connectivity index (χ3v) is 4.90. The lowest BCUT2D eigenvalue weighted by molar-refractivity contribution is -0.103. The van der Waals surface area contributed by atoms with Crippen LogP contribution in [0, 0.1) is 0 Å². The molecule has 3 nitrogen and oxygen atoms in total. The second kappa shape index (κ2) is 6.25. The van der Waals surface area contributed by atoms with E-state index < -0.39 is 0 Å². The minimum Gasteiger partial charge on any atom is -0.378 e. The van der Waals surface area contributed by atoms with Gasteiger partial charge >= 0.3 is 0 Å². The van der Waals surface area contributed by atoms with Crippen molar-refractivity contribution in [3.63, 3.8) is 0 Å². The monoisotopic (exact) mass is 310 g/mol. The van der Waals surface area contributed by atoms with Crippen molar-refractivity contribution in [1.29, 1.82) is 0 Å². The number of hydrogen-bond donors (Lipinski definition) is 1. The average Bonchev–Trinajstić information content (AvgIpc) is 2.60. The Kier molecular flexibility index (Phi) is 4.31. The van der Waals surface area contributed by atoms with Gasteiger partial charge in [0.1, 0.15) is 0 Å². The fourth-order valence-corrected chi connectivity index (χ4v) is 3.36. The number of fused-ring (bicyclic) bond motifs is 1. The predicted octanol–water partition coefficient (Wildman–Crippen LogP) is 4.91. The van der Waals surface area contributed by atoms with Crippen LogP contribution in [0.5, 0.6) is 0 Å². The minimum atomic E-state index is -0.216. The quantitative estimate of drug-likeness (QED) is 0.868. The van der Waals surface area contributed by atoms with Crippen LogP contribution in [0.25, 0.3) is 0 Å². The molecule has 2 aromatic rings. The molecule has 1 unspecified atom stereocenters. The van der Waals surface area contributed by atoms with Gasteiger partial charge in [0, 0.05) is 36.6 Å². The highest BCUT2D eigenvalue weighted by molar-refractivity contribution is 5.57. The van der Waals surface area contributed by atoms with Crippen molar-refractivity contribution in [3.8, 4) is 0 Å². The highest BCUT2D eigenvalue weighted by Gasteiger charge is 2.38. The fourth-order valence-electron chi connectivity index (χ4n) is 3.36. The molecule has 0 spiro atoms. The van der Waals surface area contributed by atoms with Crippen LogP contribution in [0.4, 0.5) is 11.4 Å². The summed E-state index contributed by atoms with van der Waals surface area (Å²) < 4.78 is 6.56. The lowest BCUT2D eigenvalue weighted by Crippen LogP contribution is -2.37. The first-order valence-corrected chi connectivity index (χ1v) is 8.41. The molecular weight excluding hydrogens is 284 g/mol. The molecule has 0 saturated heterocycles. The molecule has 1 atom stereocenters. The van der Waals surface area contributed by atoms with Crippen molar-refractivity contribution >= 4 is 11.4 Å². The Morgan fingerprint density at radius 3 is 2.26 bits per heavy atom. The normalized spacial score (nSPS) is 18.9. The number of nitrogens with zero attached hydrogens (tertiary/aromatic N) is 1. The second-order valence-corrected chi connectivity index (χ2v) is 6.38. The van der Waals surface area contributed by atoms with Crippen molar-refractivity contribution in [2.75, 3.05) is 24.3 Å². The van der Waals surface area contributed by atoms with Crippen molar-refractivity contribution in [3.05, 3.63) is 59.7 Å².